The second-order valence-corrected chi connectivity index (χ2v) is 5.90. The van der Waals surface area contributed by atoms with E-state index in [9.17, 15) is 9.90 Å². The number of fused-ring (bicyclic) bond motifs is 1. The number of ether oxygens (including phenoxy) is 2. The molecule has 20 heavy (non-hydrogen) atoms. The molecule has 0 spiro atoms. The Bertz CT molecular complexity index is 495. The van der Waals surface area contributed by atoms with Crippen LogP contribution < -0.4 is 11.1 Å². The van der Waals surface area contributed by atoms with E-state index in [0.29, 0.717) is 24.6 Å². The second kappa shape index (κ2) is 5.65. The molecular weight excluding hydrogens is 282 g/mol. The van der Waals surface area contributed by atoms with E-state index >= 15 is 0 Å². The zero-order chi connectivity index (χ0) is 14.1. The molecule has 2 aliphatic heterocycles. The van der Waals surface area contributed by atoms with Crippen LogP contribution in [0.3, 0.4) is 0 Å². The molecular formula is C12H17N3O4S. The molecule has 4 atom stereocenters. The van der Waals surface area contributed by atoms with Crippen LogP contribution in [0.4, 0.5) is 5.13 Å². The average molecular weight is 299 g/mol. The first-order chi connectivity index (χ1) is 9.63. The number of aliphatic hydroxyl groups is 1. The minimum Gasteiger partial charge on any atom is -0.388 e. The maximum Gasteiger partial charge on any atom is 0.220 e. The van der Waals surface area contributed by atoms with Gasteiger partial charge in [-0.2, -0.15) is 0 Å². The van der Waals surface area contributed by atoms with Gasteiger partial charge in [0.25, 0.3) is 0 Å². The monoisotopic (exact) mass is 299 g/mol. The van der Waals surface area contributed by atoms with Crippen molar-refractivity contribution in [3.63, 3.8) is 0 Å². The minimum atomic E-state index is -0.597. The second-order valence-electron chi connectivity index (χ2n) is 5.01. The number of carbonyl (C=O) groups is 1. The highest BCUT2D eigenvalue weighted by molar-refractivity contribution is 7.13. The van der Waals surface area contributed by atoms with Crippen LogP contribution in [0.1, 0.15) is 12.1 Å². The van der Waals surface area contributed by atoms with Gasteiger partial charge in [-0.15, -0.1) is 11.3 Å². The number of aryl methyl sites for hydroxylation is 1. The Morgan fingerprint density at radius 3 is 3.05 bits per heavy atom. The van der Waals surface area contributed by atoms with E-state index in [2.05, 4.69) is 10.3 Å². The number of nitrogens with two attached hydrogens (primary N) is 1. The summed E-state index contributed by atoms with van der Waals surface area (Å²) in [5, 5.41) is 14.9. The number of nitrogens with zero attached hydrogens (tertiary/aromatic N) is 1. The predicted octanol–water partition coefficient (Wildman–Crippen LogP) is -0.699. The summed E-state index contributed by atoms with van der Waals surface area (Å²) in [6, 6.07) is -0.190. The third-order valence-corrected chi connectivity index (χ3v) is 4.27. The number of anilines is 1. The highest BCUT2D eigenvalue weighted by Crippen LogP contribution is 2.27. The first-order valence-corrected chi connectivity index (χ1v) is 7.42. The molecule has 8 heteroatoms. The molecule has 1 aromatic rings. The van der Waals surface area contributed by atoms with Crippen molar-refractivity contribution in [3.05, 3.63) is 11.1 Å². The molecule has 1 amide bonds. The number of hydrogen-bond donors (Lipinski definition) is 3. The van der Waals surface area contributed by atoms with Crippen LogP contribution in [0.25, 0.3) is 0 Å². The third kappa shape index (κ3) is 2.78. The van der Waals surface area contributed by atoms with E-state index < -0.39 is 6.10 Å². The Balaban J connectivity index is 1.47. The quantitative estimate of drug-likeness (QED) is 0.679. The Kier molecular flexibility index (Phi) is 3.88. The van der Waals surface area contributed by atoms with E-state index in [1.807, 2.05) is 5.38 Å². The standard InChI is InChI=1S/C12H17N3O4S/c13-12-14-6(5-20-12)1-2-9(17)15-7-3-18-11-8(16)4-19-10(7)11/h5,7-8,10-11,16H,1-4H2,(H2,13,14)(H,15,17)/t7-,8-,10-,11-/m1/s1. The van der Waals surface area contributed by atoms with Crippen molar-refractivity contribution < 1.29 is 19.4 Å². The zero-order valence-electron chi connectivity index (χ0n) is 10.8. The molecule has 0 aromatic carbocycles. The molecule has 1 aromatic heterocycles. The molecule has 2 fully saturated rings. The van der Waals surface area contributed by atoms with Crippen molar-refractivity contribution in [1.29, 1.82) is 0 Å². The van der Waals surface area contributed by atoms with Gasteiger partial charge in [0.2, 0.25) is 5.91 Å². The Morgan fingerprint density at radius 1 is 1.50 bits per heavy atom. The highest BCUT2D eigenvalue weighted by Gasteiger charge is 2.47. The fraction of sp³-hybridized carbons (Fsp3) is 0.667. The van der Waals surface area contributed by atoms with Crippen molar-refractivity contribution in [1.82, 2.24) is 10.3 Å². The van der Waals surface area contributed by atoms with E-state index in [4.69, 9.17) is 15.2 Å². The van der Waals surface area contributed by atoms with Crippen molar-refractivity contribution in [2.45, 2.75) is 37.2 Å². The molecule has 0 aliphatic carbocycles. The van der Waals surface area contributed by atoms with Gasteiger partial charge in [-0.1, -0.05) is 0 Å². The normalized spacial score (nSPS) is 32.2. The number of thiazole rings is 1. The minimum absolute atomic E-state index is 0.0733. The largest absolute Gasteiger partial charge is 0.388 e. The fourth-order valence-corrected chi connectivity index (χ4v) is 3.16. The van der Waals surface area contributed by atoms with Crippen LogP contribution in [0, 0.1) is 0 Å². The van der Waals surface area contributed by atoms with Gasteiger partial charge in [0.05, 0.1) is 24.9 Å². The first kappa shape index (κ1) is 13.7. The molecule has 0 unspecified atom stereocenters. The van der Waals surface area contributed by atoms with E-state index in [1.165, 1.54) is 11.3 Å². The Labute approximate surface area is 120 Å². The molecule has 4 N–H and O–H groups in total. The molecule has 0 bridgehead atoms. The fourth-order valence-electron chi connectivity index (χ4n) is 2.56. The Morgan fingerprint density at radius 2 is 2.30 bits per heavy atom. The topological polar surface area (TPSA) is 107 Å². The zero-order valence-corrected chi connectivity index (χ0v) is 11.6. The molecule has 0 radical (unpaired) electrons. The summed E-state index contributed by atoms with van der Waals surface area (Å²) < 4.78 is 10.9. The number of rotatable bonds is 4. The van der Waals surface area contributed by atoms with Crippen LogP contribution in [-0.2, 0) is 20.7 Å². The van der Waals surface area contributed by atoms with Crippen LogP contribution in [0.5, 0.6) is 0 Å². The van der Waals surface area contributed by atoms with Gasteiger partial charge in [0.1, 0.15) is 18.3 Å². The van der Waals surface area contributed by atoms with Crippen molar-refractivity contribution in [3.8, 4) is 0 Å². The van der Waals surface area contributed by atoms with Gasteiger partial charge in [-0.05, 0) is 6.42 Å². The van der Waals surface area contributed by atoms with Crippen molar-refractivity contribution >= 4 is 22.4 Å². The lowest BCUT2D eigenvalue weighted by Crippen LogP contribution is -2.44. The van der Waals surface area contributed by atoms with Crippen LogP contribution in [-0.4, -0.2) is 53.6 Å². The molecule has 0 saturated carbocycles. The summed E-state index contributed by atoms with van der Waals surface area (Å²) in [5.74, 6) is -0.0733. The number of nitrogen functional groups attached to an aromatic ring is 1. The van der Waals surface area contributed by atoms with Gasteiger partial charge in [-0.3, -0.25) is 4.79 Å². The number of aromatic nitrogens is 1. The van der Waals surface area contributed by atoms with Gasteiger partial charge in [0, 0.05) is 11.8 Å². The molecule has 3 heterocycles. The summed E-state index contributed by atoms with van der Waals surface area (Å²) in [4.78, 5) is 16.0. The SMILES string of the molecule is Nc1nc(CCC(=O)N[C@@H]2CO[C@H]3[C@@H]2OC[C@H]3O)cs1. The lowest BCUT2D eigenvalue weighted by Gasteiger charge is -2.17. The number of nitrogens with one attached hydrogen (secondary N) is 1. The van der Waals surface area contributed by atoms with Gasteiger partial charge in [-0.25, -0.2) is 4.98 Å². The van der Waals surface area contributed by atoms with Crippen molar-refractivity contribution in [2.24, 2.45) is 0 Å². The van der Waals surface area contributed by atoms with E-state index in [-0.39, 0.29) is 30.8 Å². The molecule has 3 rings (SSSR count). The number of hydrogen-bond acceptors (Lipinski definition) is 7. The summed E-state index contributed by atoms with van der Waals surface area (Å²) in [6.45, 7) is 0.640. The maximum atomic E-state index is 11.9. The summed E-state index contributed by atoms with van der Waals surface area (Å²) in [7, 11) is 0. The number of carbonyl (C=O) groups excluding carboxylic acids is 1. The Hall–Kier alpha value is -1.22. The molecule has 2 saturated heterocycles. The van der Waals surface area contributed by atoms with E-state index in [1.54, 1.807) is 0 Å². The highest BCUT2D eigenvalue weighted by atomic mass is 32.1. The van der Waals surface area contributed by atoms with Crippen molar-refractivity contribution in [2.75, 3.05) is 18.9 Å². The maximum absolute atomic E-state index is 11.9. The van der Waals surface area contributed by atoms with Crippen LogP contribution in [0.15, 0.2) is 5.38 Å². The summed E-state index contributed by atoms with van der Waals surface area (Å²) in [5.41, 5.74) is 6.37. The van der Waals surface area contributed by atoms with Gasteiger partial charge >= 0.3 is 0 Å². The molecule has 2 aliphatic rings. The molecule has 7 nitrogen and oxygen atoms in total. The smallest absolute Gasteiger partial charge is 0.220 e. The number of amides is 1. The first-order valence-electron chi connectivity index (χ1n) is 6.54. The third-order valence-electron chi connectivity index (χ3n) is 3.55. The van der Waals surface area contributed by atoms with Gasteiger partial charge < -0.3 is 25.6 Å². The van der Waals surface area contributed by atoms with E-state index in [0.717, 1.165) is 5.69 Å². The lowest BCUT2D eigenvalue weighted by atomic mass is 10.1. The van der Waals surface area contributed by atoms with Crippen LogP contribution in [0.2, 0.25) is 0 Å². The van der Waals surface area contributed by atoms with Gasteiger partial charge in [0.15, 0.2) is 5.13 Å². The molecule has 110 valence electrons. The predicted molar refractivity (Wildman–Crippen MR) is 72.3 cm³/mol. The van der Waals surface area contributed by atoms with Crippen LogP contribution >= 0.6 is 11.3 Å². The summed E-state index contributed by atoms with van der Waals surface area (Å²) in [6.07, 6.45) is -0.257. The summed E-state index contributed by atoms with van der Waals surface area (Å²) >= 11 is 1.37. The average Bonchev–Trinajstić information content (AvgIpc) is 3.08. The number of aliphatic hydroxyl groups excluding tert-OH is 1. The lowest BCUT2D eigenvalue weighted by molar-refractivity contribution is -0.122.